The van der Waals surface area contributed by atoms with Crippen LogP contribution in [0.1, 0.15) is 33.6 Å². The summed E-state index contributed by atoms with van der Waals surface area (Å²) in [4.78, 5) is 35.1. The molecule has 0 bridgehead atoms. The van der Waals surface area contributed by atoms with E-state index in [9.17, 15) is 14.4 Å². The molecule has 0 saturated heterocycles. The Balaban J connectivity index is 4.91. The second-order valence-corrected chi connectivity index (χ2v) is 6.31. The van der Waals surface area contributed by atoms with Gasteiger partial charge in [-0.05, 0) is 16.8 Å². The van der Waals surface area contributed by atoms with Crippen LogP contribution in [0.25, 0.3) is 0 Å². The van der Waals surface area contributed by atoms with E-state index >= 15 is 0 Å². The van der Waals surface area contributed by atoms with Gasteiger partial charge in [-0.15, -0.1) is 0 Å². The van der Waals surface area contributed by atoms with Gasteiger partial charge in [0.05, 0.1) is 7.11 Å². The first kappa shape index (κ1) is 19.6. The Kier molecular flexibility index (Phi) is 8.92. The number of carbonyl (C=O) groups excluding carboxylic acids is 3. The maximum absolute atomic E-state index is 12.2. The van der Waals surface area contributed by atoms with Crippen LogP contribution in [-0.2, 0) is 19.1 Å². The standard InChI is InChI=1S/C14H23BrN2O4/c1-8(2)6-11(16-10(4)18)13(19)17-12(7-9(3)15)14(20)21-5/h8,11-12H,3,6-7H2,1-2,4-5H3,(H,16,18)(H,17,19)/t11-,12+/m0/s1. The van der Waals surface area contributed by atoms with Crippen molar-refractivity contribution in [3.63, 3.8) is 0 Å². The molecule has 0 saturated carbocycles. The van der Waals surface area contributed by atoms with Crippen molar-refractivity contribution in [2.45, 2.75) is 45.7 Å². The number of esters is 1. The van der Waals surface area contributed by atoms with E-state index in [0.29, 0.717) is 10.9 Å². The number of methoxy groups -OCH3 is 1. The summed E-state index contributed by atoms with van der Waals surface area (Å²) in [5.41, 5.74) is 0. The number of nitrogens with one attached hydrogen (secondary N) is 2. The van der Waals surface area contributed by atoms with E-state index in [0.717, 1.165) is 0 Å². The molecule has 0 spiro atoms. The first-order valence-electron chi connectivity index (χ1n) is 6.65. The lowest BCUT2D eigenvalue weighted by molar-refractivity contribution is -0.145. The second kappa shape index (κ2) is 9.55. The number of carbonyl (C=O) groups is 3. The normalized spacial score (nSPS) is 13.2. The molecule has 6 nitrogen and oxygen atoms in total. The van der Waals surface area contributed by atoms with Crippen LogP contribution in [0.5, 0.6) is 0 Å². The van der Waals surface area contributed by atoms with Crippen LogP contribution in [0.4, 0.5) is 0 Å². The lowest BCUT2D eigenvalue weighted by Crippen LogP contribution is -2.51. The van der Waals surface area contributed by atoms with Crippen molar-refractivity contribution in [3.8, 4) is 0 Å². The number of hydrogen-bond acceptors (Lipinski definition) is 4. The molecule has 21 heavy (non-hydrogen) atoms. The van der Waals surface area contributed by atoms with Crippen molar-refractivity contribution < 1.29 is 19.1 Å². The van der Waals surface area contributed by atoms with Gasteiger partial charge in [0.15, 0.2) is 0 Å². The molecule has 2 N–H and O–H groups in total. The van der Waals surface area contributed by atoms with Crippen LogP contribution in [0.3, 0.4) is 0 Å². The quantitative estimate of drug-likeness (QED) is 0.640. The molecule has 2 atom stereocenters. The molecule has 0 aromatic rings. The topological polar surface area (TPSA) is 84.5 Å². The zero-order chi connectivity index (χ0) is 16.6. The minimum Gasteiger partial charge on any atom is -0.467 e. The van der Waals surface area contributed by atoms with E-state index in [-0.39, 0.29) is 18.2 Å². The fourth-order valence-electron chi connectivity index (χ4n) is 1.78. The smallest absolute Gasteiger partial charge is 0.328 e. The van der Waals surface area contributed by atoms with Gasteiger partial charge >= 0.3 is 5.97 Å². The highest BCUT2D eigenvalue weighted by molar-refractivity contribution is 9.11. The summed E-state index contributed by atoms with van der Waals surface area (Å²) in [7, 11) is 1.25. The summed E-state index contributed by atoms with van der Waals surface area (Å²) >= 11 is 3.16. The SMILES string of the molecule is C=C(Br)C[C@@H](NC(=O)[C@H](CC(C)C)NC(C)=O)C(=O)OC. The first-order valence-corrected chi connectivity index (χ1v) is 7.45. The van der Waals surface area contributed by atoms with Gasteiger partial charge in [-0.1, -0.05) is 36.4 Å². The zero-order valence-electron chi connectivity index (χ0n) is 12.9. The van der Waals surface area contributed by atoms with Crippen LogP contribution in [0, 0.1) is 5.92 Å². The van der Waals surface area contributed by atoms with E-state index in [1.165, 1.54) is 14.0 Å². The second-order valence-electron chi connectivity index (χ2n) is 5.19. The Bertz CT molecular complexity index is 410. The van der Waals surface area contributed by atoms with Gasteiger partial charge < -0.3 is 15.4 Å². The first-order chi connectivity index (χ1) is 9.67. The molecule has 2 amide bonds. The van der Waals surface area contributed by atoms with Crippen LogP contribution in [0.15, 0.2) is 11.1 Å². The minimum atomic E-state index is -0.835. The molecule has 0 aliphatic carbocycles. The zero-order valence-corrected chi connectivity index (χ0v) is 14.5. The molecule has 0 rings (SSSR count). The van der Waals surface area contributed by atoms with Crippen molar-refractivity contribution in [1.82, 2.24) is 10.6 Å². The average molecular weight is 363 g/mol. The lowest BCUT2D eigenvalue weighted by Gasteiger charge is -2.22. The molecule has 7 heteroatoms. The summed E-state index contributed by atoms with van der Waals surface area (Å²) in [5, 5.41) is 5.18. The molecule has 0 heterocycles. The van der Waals surface area contributed by atoms with E-state index in [4.69, 9.17) is 0 Å². The molecular weight excluding hydrogens is 340 g/mol. The van der Waals surface area contributed by atoms with Gasteiger partial charge in [-0.3, -0.25) is 9.59 Å². The van der Waals surface area contributed by atoms with Crippen LogP contribution >= 0.6 is 15.9 Å². The number of hydrogen-bond donors (Lipinski definition) is 2. The molecule has 0 aromatic carbocycles. The average Bonchev–Trinajstić information content (AvgIpc) is 2.34. The van der Waals surface area contributed by atoms with E-state index in [1.807, 2.05) is 13.8 Å². The third-order valence-corrected chi connectivity index (χ3v) is 2.95. The largest absolute Gasteiger partial charge is 0.467 e. The van der Waals surface area contributed by atoms with Crippen LogP contribution in [0.2, 0.25) is 0 Å². The number of amides is 2. The Morgan fingerprint density at radius 2 is 1.76 bits per heavy atom. The van der Waals surface area contributed by atoms with Gasteiger partial charge in [-0.2, -0.15) is 0 Å². The van der Waals surface area contributed by atoms with Gasteiger partial charge in [0, 0.05) is 13.3 Å². The summed E-state index contributed by atoms with van der Waals surface area (Å²) < 4.78 is 5.22. The summed E-state index contributed by atoms with van der Waals surface area (Å²) in [6, 6.07) is -1.52. The van der Waals surface area contributed by atoms with Gasteiger partial charge in [0.25, 0.3) is 0 Å². The number of rotatable bonds is 8. The monoisotopic (exact) mass is 362 g/mol. The van der Waals surface area contributed by atoms with Crippen LogP contribution < -0.4 is 10.6 Å². The Labute approximate surface area is 133 Å². The maximum atomic E-state index is 12.2. The molecule has 120 valence electrons. The molecule has 0 unspecified atom stereocenters. The highest BCUT2D eigenvalue weighted by atomic mass is 79.9. The highest BCUT2D eigenvalue weighted by Gasteiger charge is 2.27. The van der Waals surface area contributed by atoms with Crippen molar-refractivity contribution in [2.24, 2.45) is 5.92 Å². The van der Waals surface area contributed by atoms with Crippen molar-refractivity contribution in [1.29, 1.82) is 0 Å². The third-order valence-electron chi connectivity index (χ3n) is 2.63. The Hall–Kier alpha value is -1.37. The summed E-state index contributed by atoms with van der Waals surface area (Å²) in [6.07, 6.45) is 0.696. The molecule has 0 aliphatic heterocycles. The molecule has 0 aliphatic rings. The molecular formula is C14H23BrN2O4. The van der Waals surface area contributed by atoms with Gasteiger partial charge in [-0.25, -0.2) is 4.79 Å². The van der Waals surface area contributed by atoms with Crippen LogP contribution in [-0.4, -0.2) is 37.0 Å². The van der Waals surface area contributed by atoms with Gasteiger partial charge in [0.1, 0.15) is 12.1 Å². The maximum Gasteiger partial charge on any atom is 0.328 e. The molecule has 0 aromatic heterocycles. The summed E-state index contributed by atoms with van der Waals surface area (Å²) in [6.45, 7) is 8.88. The summed E-state index contributed by atoms with van der Waals surface area (Å²) in [5.74, 6) is -1.05. The van der Waals surface area contributed by atoms with Crippen molar-refractivity contribution >= 4 is 33.7 Å². The van der Waals surface area contributed by atoms with Gasteiger partial charge in [0.2, 0.25) is 11.8 Å². The fraction of sp³-hybridized carbons (Fsp3) is 0.643. The predicted octanol–water partition coefficient (Wildman–Crippen LogP) is 1.49. The highest BCUT2D eigenvalue weighted by Crippen LogP contribution is 2.12. The molecule has 0 radical (unpaired) electrons. The third kappa shape index (κ3) is 8.49. The minimum absolute atomic E-state index is 0.215. The Morgan fingerprint density at radius 3 is 2.14 bits per heavy atom. The number of halogens is 1. The van der Waals surface area contributed by atoms with E-state index in [2.05, 4.69) is 37.9 Å². The van der Waals surface area contributed by atoms with Crippen molar-refractivity contribution in [2.75, 3.05) is 7.11 Å². The number of ether oxygens (including phenoxy) is 1. The predicted molar refractivity (Wildman–Crippen MR) is 83.7 cm³/mol. The Morgan fingerprint density at radius 1 is 1.19 bits per heavy atom. The van der Waals surface area contributed by atoms with E-state index in [1.54, 1.807) is 0 Å². The molecule has 0 fully saturated rings. The van der Waals surface area contributed by atoms with Crippen molar-refractivity contribution in [3.05, 3.63) is 11.1 Å². The lowest BCUT2D eigenvalue weighted by atomic mass is 10.0. The van der Waals surface area contributed by atoms with E-state index < -0.39 is 24.0 Å². The fourth-order valence-corrected chi connectivity index (χ4v) is 2.10.